The molecule has 4 nitrogen and oxygen atoms in total. The van der Waals surface area contributed by atoms with Crippen LogP contribution in [0.5, 0.6) is 0 Å². The lowest BCUT2D eigenvalue weighted by molar-refractivity contribution is 0.109. The fourth-order valence-electron chi connectivity index (χ4n) is 1.65. The number of aromatic nitrogens is 2. The fourth-order valence-corrected chi connectivity index (χ4v) is 2.07. The van der Waals surface area contributed by atoms with Gasteiger partial charge >= 0.3 is 0 Å². The molecule has 1 N–H and O–H groups in total. The maximum atomic E-state index is 13.5. The van der Waals surface area contributed by atoms with Crippen LogP contribution in [0.1, 0.15) is 16.2 Å². The molecule has 0 radical (unpaired) electrons. The van der Waals surface area contributed by atoms with Gasteiger partial charge in [0.2, 0.25) is 5.82 Å². The summed E-state index contributed by atoms with van der Waals surface area (Å²) in [5.74, 6) is -0.839. The Morgan fingerprint density at radius 2 is 2.05 bits per heavy atom. The van der Waals surface area contributed by atoms with Gasteiger partial charge in [-0.1, -0.05) is 17.7 Å². The Bertz CT molecular complexity index is 684. The highest BCUT2D eigenvalue weighted by Crippen LogP contribution is 2.14. The molecule has 0 unspecified atom stereocenters. The van der Waals surface area contributed by atoms with E-state index in [1.54, 1.807) is 22.6 Å². The summed E-state index contributed by atoms with van der Waals surface area (Å²) in [5.41, 5.74) is 0.384. The summed E-state index contributed by atoms with van der Waals surface area (Å²) in [7, 11) is 0. The van der Waals surface area contributed by atoms with Crippen molar-refractivity contribution in [2.24, 2.45) is 0 Å². The molecule has 110 valence electrons. The quantitative estimate of drug-likeness (QED) is 0.453. The fraction of sp³-hybridized carbons (Fsp3) is 0.154. The number of anilines is 1. The number of carbonyl (C=O) groups excluding carboxylic acids is 1. The van der Waals surface area contributed by atoms with E-state index in [-0.39, 0.29) is 14.8 Å². The Morgan fingerprint density at radius 1 is 1.29 bits per heavy atom. The van der Waals surface area contributed by atoms with E-state index in [1.807, 2.05) is 0 Å². The van der Waals surface area contributed by atoms with Crippen LogP contribution in [-0.2, 0) is 6.42 Å². The third-order valence-corrected chi connectivity index (χ3v) is 3.26. The Balaban J connectivity index is 2.01. The lowest BCUT2D eigenvalue weighted by Gasteiger charge is -2.07. The lowest BCUT2D eigenvalue weighted by Crippen LogP contribution is -2.10. The number of benzene rings is 1. The molecular weight excluding hydrogens is 415 g/mol. The zero-order valence-electron chi connectivity index (χ0n) is 10.5. The third kappa shape index (κ3) is 4.57. The predicted octanol–water partition coefficient (Wildman–Crippen LogP) is 3.64. The van der Waals surface area contributed by atoms with E-state index in [0.29, 0.717) is 24.3 Å². The molecule has 0 spiro atoms. The highest BCUT2D eigenvalue weighted by Gasteiger charge is 2.09. The summed E-state index contributed by atoms with van der Waals surface area (Å²) in [5, 5.41) is 3.06. The highest BCUT2D eigenvalue weighted by atomic mass is 127. The van der Waals surface area contributed by atoms with Gasteiger partial charge in [-0.15, -0.1) is 0 Å². The SMILES string of the molecule is O=C(I)c1nc(Cl)cc(NCCc2ccc(F)cc2F)n1. The molecule has 1 aromatic carbocycles. The first-order chi connectivity index (χ1) is 9.95. The Hall–Kier alpha value is -1.35. The average molecular weight is 424 g/mol. The van der Waals surface area contributed by atoms with Gasteiger partial charge in [-0.2, -0.15) is 0 Å². The van der Waals surface area contributed by atoms with Gasteiger partial charge in [0, 0.05) is 41.3 Å². The van der Waals surface area contributed by atoms with Crippen molar-refractivity contribution in [3.05, 3.63) is 52.4 Å². The van der Waals surface area contributed by atoms with Gasteiger partial charge in [0.25, 0.3) is 3.79 Å². The van der Waals surface area contributed by atoms with Crippen molar-refractivity contribution in [3.8, 4) is 0 Å². The van der Waals surface area contributed by atoms with Gasteiger partial charge in [-0.05, 0) is 18.1 Å². The van der Waals surface area contributed by atoms with E-state index in [1.165, 1.54) is 18.2 Å². The summed E-state index contributed by atoms with van der Waals surface area (Å²) in [6.07, 6.45) is 0.335. The molecule has 21 heavy (non-hydrogen) atoms. The van der Waals surface area contributed by atoms with Crippen LogP contribution in [0.4, 0.5) is 14.6 Å². The zero-order chi connectivity index (χ0) is 15.4. The van der Waals surface area contributed by atoms with Crippen LogP contribution in [0.3, 0.4) is 0 Å². The van der Waals surface area contributed by atoms with Crippen molar-refractivity contribution in [1.29, 1.82) is 0 Å². The molecule has 2 rings (SSSR count). The smallest absolute Gasteiger partial charge is 0.259 e. The largest absolute Gasteiger partial charge is 0.370 e. The second-order valence-corrected chi connectivity index (χ2v) is 5.45. The minimum Gasteiger partial charge on any atom is -0.370 e. The summed E-state index contributed by atoms with van der Waals surface area (Å²) >= 11 is 7.34. The predicted molar refractivity (Wildman–Crippen MR) is 83.9 cm³/mol. The molecule has 0 fully saturated rings. The number of carbonyl (C=O) groups is 1. The third-order valence-electron chi connectivity index (χ3n) is 2.59. The monoisotopic (exact) mass is 423 g/mol. The van der Waals surface area contributed by atoms with E-state index in [4.69, 9.17) is 11.6 Å². The first-order valence-electron chi connectivity index (χ1n) is 5.88. The number of hydrogen-bond donors (Lipinski definition) is 1. The van der Waals surface area contributed by atoms with Gasteiger partial charge in [0.1, 0.15) is 22.6 Å². The van der Waals surface area contributed by atoms with E-state index in [0.717, 1.165) is 6.07 Å². The van der Waals surface area contributed by atoms with Gasteiger partial charge in [0.15, 0.2) is 0 Å². The topological polar surface area (TPSA) is 54.9 Å². The Kier molecular flexibility index (Phi) is 5.40. The normalized spacial score (nSPS) is 10.5. The number of hydrogen-bond acceptors (Lipinski definition) is 4. The van der Waals surface area contributed by atoms with Crippen LogP contribution in [0.25, 0.3) is 0 Å². The Labute approximate surface area is 138 Å². The summed E-state index contributed by atoms with van der Waals surface area (Å²) in [6.45, 7) is 0.352. The van der Waals surface area contributed by atoms with Crippen LogP contribution in [-0.4, -0.2) is 20.3 Å². The van der Waals surface area contributed by atoms with Crippen LogP contribution < -0.4 is 5.32 Å². The molecule has 0 amide bonds. The molecule has 2 aromatic rings. The molecular formula is C13H9ClF2IN3O. The standard InChI is InChI=1S/C13H9ClF2IN3O/c14-10-6-11(20-13(19-10)12(17)21)18-4-3-7-1-2-8(15)5-9(7)16/h1-2,5-6H,3-4H2,(H,18,19,20). The summed E-state index contributed by atoms with van der Waals surface area (Å²) in [6, 6.07) is 4.89. The van der Waals surface area contributed by atoms with E-state index in [2.05, 4.69) is 15.3 Å². The minimum atomic E-state index is -0.614. The van der Waals surface area contributed by atoms with E-state index >= 15 is 0 Å². The summed E-state index contributed by atoms with van der Waals surface area (Å²) in [4.78, 5) is 19.0. The minimum absolute atomic E-state index is 0.00133. The van der Waals surface area contributed by atoms with Crippen LogP contribution in [0.2, 0.25) is 5.15 Å². The maximum Gasteiger partial charge on any atom is 0.259 e. The molecule has 0 aliphatic heterocycles. The van der Waals surface area contributed by atoms with Crippen molar-refractivity contribution in [2.75, 3.05) is 11.9 Å². The van der Waals surface area contributed by atoms with Crippen molar-refractivity contribution in [2.45, 2.75) is 6.42 Å². The van der Waals surface area contributed by atoms with Crippen LogP contribution >= 0.6 is 34.2 Å². The van der Waals surface area contributed by atoms with Crippen molar-refractivity contribution in [3.63, 3.8) is 0 Å². The molecule has 0 saturated carbocycles. The van der Waals surface area contributed by atoms with Gasteiger partial charge in [-0.3, -0.25) is 4.79 Å². The lowest BCUT2D eigenvalue weighted by atomic mass is 10.1. The van der Waals surface area contributed by atoms with Gasteiger partial charge < -0.3 is 5.32 Å². The zero-order valence-corrected chi connectivity index (χ0v) is 13.5. The molecule has 0 atom stereocenters. The van der Waals surface area contributed by atoms with Crippen LogP contribution in [0, 0.1) is 11.6 Å². The molecule has 1 heterocycles. The molecule has 0 aliphatic rings. The second-order valence-electron chi connectivity index (χ2n) is 4.09. The number of nitrogens with zero attached hydrogens (tertiary/aromatic N) is 2. The molecule has 8 heteroatoms. The molecule has 1 aromatic heterocycles. The van der Waals surface area contributed by atoms with Gasteiger partial charge in [-0.25, -0.2) is 18.7 Å². The maximum absolute atomic E-state index is 13.5. The van der Waals surface area contributed by atoms with Crippen LogP contribution in [0.15, 0.2) is 24.3 Å². The highest BCUT2D eigenvalue weighted by molar-refractivity contribution is 14.1. The molecule has 0 saturated heterocycles. The second kappa shape index (κ2) is 7.08. The number of halogens is 4. The summed E-state index contributed by atoms with van der Waals surface area (Å²) < 4.78 is 25.9. The Morgan fingerprint density at radius 3 is 2.71 bits per heavy atom. The first-order valence-corrected chi connectivity index (χ1v) is 7.33. The van der Waals surface area contributed by atoms with E-state index < -0.39 is 11.6 Å². The first kappa shape index (κ1) is 16.0. The average Bonchev–Trinajstić information content (AvgIpc) is 2.40. The molecule has 0 aliphatic carbocycles. The van der Waals surface area contributed by atoms with Gasteiger partial charge in [0.05, 0.1) is 0 Å². The van der Waals surface area contributed by atoms with Crippen molar-refractivity contribution >= 4 is 43.8 Å². The number of rotatable bonds is 5. The molecule has 0 bridgehead atoms. The van der Waals surface area contributed by atoms with Crippen molar-refractivity contribution in [1.82, 2.24) is 9.97 Å². The van der Waals surface area contributed by atoms with Crippen molar-refractivity contribution < 1.29 is 13.6 Å². The number of nitrogens with one attached hydrogen (secondary N) is 1. The van der Waals surface area contributed by atoms with E-state index in [9.17, 15) is 13.6 Å².